The number of fused-ring (bicyclic) bond motifs is 4. The lowest BCUT2D eigenvalue weighted by atomic mass is 9.94. The van der Waals surface area contributed by atoms with Gasteiger partial charge in [0.25, 0.3) is 0 Å². The molecule has 0 amide bonds. The Hall–Kier alpha value is -6.56. The Labute approximate surface area is 305 Å². The van der Waals surface area contributed by atoms with Crippen molar-refractivity contribution in [1.29, 1.82) is 0 Å². The second-order valence-electron chi connectivity index (χ2n) is 13.5. The third-order valence-corrected chi connectivity index (χ3v) is 10.5. The Balaban J connectivity index is 1.31. The zero-order chi connectivity index (χ0) is 35.0. The van der Waals surface area contributed by atoms with Gasteiger partial charge in [-0.15, -0.1) is 12.3 Å². The molecule has 2 heterocycles. The Morgan fingerprint density at radius 2 is 1.27 bits per heavy atom. The molecule has 1 aliphatic rings. The van der Waals surface area contributed by atoms with E-state index in [4.69, 9.17) is 6.42 Å². The molecule has 0 fully saturated rings. The number of benzene rings is 6. The summed E-state index contributed by atoms with van der Waals surface area (Å²) in [5.41, 5.74) is 16.7. The number of allylic oxidation sites excluding steroid dienone is 2. The monoisotopic (exact) mass is 666 g/mol. The normalized spacial score (nSPS) is 12.7. The molecule has 2 aromatic heterocycles. The lowest BCUT2D eigenvalue weighted by Gasteiger charge is -2.18. The van der Waals surface area contributed by atoms with Crippen LogP contribution in [-0.4, -0.2) is 9.13 Å². The van der Waals surface area contributed by atoms with Crippen molar-refractivity contribution in [3.63, 3.8) is 0 Å². The topological polar surface area (TPSA) is 9.86 Å². The zero-order valence-corrected chi connectivity index (χ0v) is 29.3. The molecule has 0 bridgehead atoms. The summed E-state index contributed by atoms with van der Waals surface area (Å²) in [4.78, 5) is 0. The van der Waals surface area contributed by atoms with E-state index in [-0.39, 0.29) is 0 Å². The fourth-order valence-electron chi connectivity index (χ4n) is 8.18. The van der Waals surface area contributed by atoms with E-state index < -0.39 is 0 Å². The van der Waals surface area contributed by atoms with Crippen molar-refractivity contribution in [2.24, 2.45) is 0 Å². The second kappa shape index (κ2) is 13.3. The van der Waals surface area contributed by atoms with Crippen LogP contribution in [0.1, 0.15) is 41.4 Å². The van der Waals surface area contributed by atoms with Crippen LogP contribution < -0.4 is 0 Å². The van der Waals surface area contributed by atoms with Crippen LogP contribution in [0.5, 0.6) is 0 Å². The molecular weight excluding hydrogens is 629 g/mol. The molecule has 2 nitrogen and oxygen atoms in total. The molecule has 0 unspecified atom stereocenters. The molecule has 8 aromatic rings. The highest BCUT2D eigenvalue weighted by Crippen LogP contribution is 2.41. The first-order valence-corrected chi connectivity index (χ1v) is 18.1. The molecule has 0 radical (unpaired) electrons. The van der Waals surface area contributed by atoms with E-state index in [2.05, 4.69) is 192 Å². The summed E-state index contributed by atoms with van der Waals surface area (Å²) in [5.74, 6) is 3.03. The highest BCUT2D eigenvalue weighted by molar-refractivity contribution is 6.00. The molecule has 1 aliphatic carbocycles. The smallest absolute Gasteiger partial charge is 0.0585 e. The van der Waals surface area contributed by atoms with Gasteiger partial charge in [-0.2, -0.15) is 0 Å². The summed E-state index contributed by atoms with van der Waals surface area (Å²) in [6, 6.07) is 54.8. The average Bonchev–Trinajstić information content (AvgIpc) is 3.72. The van der Waals surface area contributed by atoms with E-state index in [0.717, 1.165) is 35.3 Å². The van der Waals surface area contributed by atoms with Crippen molar-refractivity contribution >= 4 is 33.5 Å². The van der Waals surface area contributed by atoms with Crippen LogP contribution in [-0.2, 0) is 12.8 Å². The molecule has 0 saturated heterocycles. The van der Waals surface area contributed by atoms with Crippen molar-refractivity contribution in [2.45, 2.75) is 26.2 Å². The lowest BCUT2D eigenvalue weighted by molar-refractivity contribution is 0.888. The number of hydrogen-bond donors (Lipinski definition) is 0. The Kier molecular flexibility index (Phi) is 8.03. The molecule has 0 atom stereocenters. The molecule has 0 spiro atoms. The molecule has 0 N–H and O–H groups in total. The van der Waals surface area contributed by atoms with Gasteiger partial charge in [-0.3, -0.25) is 0 Å². The van der Waals surface area contributed by atoms with Crippen LogP contribution in [0.15, 0.2) is 164 Å². The van der Waals surface area contributed by atoms with E-state index in [9.17, 15) is 0 Å². The van der Waals surface area contributed by atoms with Gasteiger partial charge < -0.3 is 9.13 Å². The summed E-state index contributed by atoms with van der Waals surface area (Å²) in [7, 11) is 0. The quantitative estimate of drug-likeness (QED) is 0.150. The van der Waals surface area contributed by atoms with Gasteiger partial charge in [-0.1, -0.05) is 121 Å². The average molecular weight is 667 g/mol. The lowest BCUT2D eigenvalue weighted by Crippen LogP contribution is -2.04. The van der Waals surface area contributed by atoms with Crippen LogP contribution in [0.25, 0.3) is 67.1 Å². The number of terminal acetylenes is 1. The molecule has 248 valence electrons. The zero-order valence-electron chi connectivity index (χ0n) is 29.3. The van der Waals surface area contributed by atoms with Gasteiger partial charge in [0.05, 0.1) is 16.7 Å². The maximum atomic E-state index is 6.17. The van der Waals surface area contributed by atoms with Gasteiger partial charge in [0.15, 0.2) is 0 Å². The van der Waals surface area contributed by atoms with Crippen LogP contribution in [0.2, 0.25) is 0 Å². The molecule has 52 heavy (non-hydrogen) atoms. The van der Waals surface area contributed by atoms with Gasteiger partial charge in [0.2, 0.25) is 0 Å². The van der Waals surface area contributed by atoms with E-state index in [1.165, 1.54) is 66.6 Å². The van der Waals surface area contributed by atoms with E-state index in [1.807, 2.05) is 0 Å². The maximum Gasteiger partial charge on any atom is 0.0585 e. The van der Waals surface area contributed by atoms with Crippen LogP contribution in [0.3, 0.4) is 0 Å². The number of hydrogen-bond acceptors (Lipinski definition) is 0. The first kappa shape index (κ1) is 31.4. The van der Waals surface area contributed by atoms with Gasteiger partial charge in [0, 0.05) is 45.4 Å². The number of nitrogens with zero attached hydrogens (tertiary/aromatic N) is 2. The maximum absolute atomic E-state index is 6.17. The van der Waals surface area contributed by atoms with Gasteiger partial charge >= 0.3 is 0 Å². The Bertz CT molecular complexity index is 2640. The summed E-state index contributed by atoms with van der Waals surface area (Å²) in [5, 5.41) is 2.45. The highest BCUT2D eigenvalue weighted by atomic mass is 15.0. The van der Waals surface area contributed by atoms with Crippen molar-refractivity contribution < 1.29 is 0 Å². The van der Waals surface area contributed by atoms with Gasteiger partial charge in [-0.05, 0) is 102 Å². The standard InChI is InChI=1S/C50H38N2/c1-3-18-45-43-25-14-17-28-48(43)52(41-32-38(35-19-8-5-9-20-35)31-39(33-41)36-21-10-6-11-22-36)50(45)42(4-2)37-29-30-49-46(34-37)44-26-15-16-27-47(44)51(49)40-23-12-7-13-24-40/h1,4-15,17,19-26,28-34H,16,18,27H2,2H3/b42-4-. The van der Waals surface area contributed by atoms with E-state index in [0.29, 0.717) is 6.42 Å². The minimum absolute atomic E-state index is 0.523. The third kappa shape index (κ3) is 5.31. The molecule has 0 aliphatic heterocycles. The Morgan fingerprint density at radius 1 is 0.635 bits per heavy atom. The molecule has 0 saturated carbocycles. The number of rotatable bonds is 7. The largest absolute Gasteiger partial charge is 0.313 e. The first-order chi connectivity index (χ1) is 25.7. The molecule has 9 rings (SSSR count). The van der Waals surface area contributed by atoms with Crippen molar-refractivity contribution in [2.75, 3.05) is 0 Å². The van der Waals surface area contributed by atoms with Gasteiger partial charge in [-0.25, -0.2) is 0 Å². The fourth-order valence-corrected chi connectivity index (χ4v) is 8.18. The predicted molar refractivity (Wildman–Crippen MR) is 220 cm³/mol. The molecule has 2 heteroatoms. The minimum Gasteiger partial charge on any atom is -0.313 e. The molecule has 6 aromatic carbocycles. The summed E-state index contributed by atoms with van der Waals surface area (Å²) >= 11 is 0. The summed E-state index contributed by atoms with van der Waals surface area (Å²) < 4.78 is 4.90. The van der Waals surface area contributed by atoms with Crippen molar-refractivity contribution in [1.82, 2.24) is 9.13 Å². The summed E-state index contributed by atoms with van der Waals surface area (Å²) in [6.45, 7) is 2.15. The van der Waals surface area contributed by atoms with Crippen LogP contribution in [0, 0.1) is 12.3 Å². The predicted octanol–water partition coefficient (Wildman–Crippen LogP) is 12.5. The van der Waals surface area contributed by atoms with Crippen molar-refractivity contribution in [3.8, 4) is 46.0 Å². The Morgan fingerprint density at radius 3 is 1.94 bits per heavy atom. The van der Waals surface area contributed by atoms with Gasteiger partial charge in [0.1, 0.15) is 0 Å². The molecular formula is C50H38N2. The number of aromatic nitrogens is 2. The van der Waals surface area contributed by atoms with Crippen LogP contribution >= 0.6 is 0 Å². The van der Waals surface area contributed by atoms with E-state index >= 15 is 0 Å². The minimum atomic E-state index is 0.523. The third-order valence-electron chi connectivity index (χ3n) is 10.5. The summed E-state index contributed by atoms with van der Waals surface area (Å²) in [6.07, 6.45) is 15.7. The second-order valence-corrected chi connectivity index (χ2v) is 13.5. The van der Waals surface area contributed by atoms with E-state index in [1.54, 1.807) is 0 Å². The van der Waals surface area contributed by atoms with Crippen LogP contribution in [0.4, 0.5) is 0 Å². The van der Waals surface area contributed by atoms with Crippen molar-refractivity contribution in [3.05, 3.63) is 192 Å². The fraction of sp³-hybridized carbons (Fsp3) is 0.0800. The first-order valence-electron chi connectivity index (χ1n) is 18.1. The SMILES string of the molecule is C#CCc1c(/C(=C\C)c2ccc3c(c2)c2c(n3-c3ccccc3)CCC=C2)n(-c2cc(-c3ccccc3)cc(-c3ccccc3)c2)c2ccccc12. The number of para-hydroxylation sites is 2. The highest BCUT2D eigenvalue weighted by Gasteiger charge is 2.24.